The minimum Gasteiger partial charge on any atom is -0.480 e. The Balaban J connectivity index is 2.76. The first-order valence-corrected chi connectivity index (χ1v) is 6.43. The summed E-state index contributed by atoms with van der Waals surface area (Å²) < 4.78 is 1.06. The summed E-state index contributed by atoms with van der Waals surface area (Å²) in [4.78, 5) is 12.9. The minimum absolute atomic E-state index is 0.421. The Morgan fingerprint density at radius 3 is 2.65 bits per heavy atom. The predicted molar refractivity (Wildman–Crippen MR) is 72.1 cm³/mol. The van der Waals surface area contributed by atoms with Crippen molar-refractivity contribution in [3.63, 3.8) is 0 Å². The van der Waals surface area contributed by atoms with Gasteiger partial charge in [0.05, 0.1) is 0 Å². The highest BCUT2D eigenvalue weighted by Crippen LogP contribution is 2.19. The predicted octanol–water partition coefficient (Wildman–Crippen LogP) is 3.05. The van der Waals surface area contributed by atoms with Crippen molar-refractivity contribution >= 4 is 21.9 Å². The normalized spacial score (nSPS) is 12.8. The highest BCUT2D eigenvalue weighted by molar-refractivity contribution is 9.10. The number of aliphatic carboxylic acids is 1. The molecule has 0 amide bonds. The minimum atomic E-state index is -0.763. The van der Waals surface area contributed by atoms with E-state index in [0.29, 0.717) is 13.0 Å². The number of aryl methyl sites for hydroxylation is 1. The highest BCUT2D eigenvalue weighted by atomic mass is 79.9. The van der Waals surface area contributed by atoms with Crippen LogP contribution in [0.5, 0.6) is 0 Å². The van der Waals surface area contributed by atoms with Crippen LogP contribution in [0.3, 0.4) is 0 Å². The second-order valence-electron chi connectivity index (χ2n) is 4.26. The van der Waals surface area contributed by atoms with E-state index in [1.165, 1.54) is 5.56 Å². The number of carboxylic acids is 1. The summed E-state index contributed by atoms with van der Waals surface area (Å²) in [6.45, 7) is 4.56. The standard InChI is InChI=1S/C13H18BrNO2/c1-4-12(13(16)17)15(3)8-10-6-5-9(2)11(14)7-10/h5-7,12H,4,8H2,1-3H3,(H,16,17). The molecule has 1 aromatic carbocycles. The molecule has 0 spiro atoms. The number of hydrogen-bond donors (Lipinski definition) is 1. The summed E-state index contributed by atoms with van der Waals surface area (Å²) in [5.74, 6) is -0.763. The lowest BCUT2D eigenvalue weighted by atomic mass is 10.1. The van der Waals surface area contributed by atoms with Crippen LogP contribution in [0, 0.1) is 6.92 Å². The summed E-state index contributed by atoms with van der Waals surface area (Å²) in [5.41, 5.74) is 2.30. The van der Waals surface area contributed by atoms with Crippen molar-refractivity contribution in [3.05, 3.63) is 33.8 Å². The Hall–Kier alpha value is -0.870. The van der Waals surface area contributed by atoms with Crippen LogP contribution in [0.2, 0.25) is 0 Å². The number of nitrogens with zero attached hydrogens (tertiary/aromatic N) is 1. The smallest absolute Gasteiger partial charge is 0.320 e. The molecular formula is C13H18BrNO2. The summed E-state index contributed by atoms with van der Waals surface area (Å²) in [6, 6.07) is 5.69. The molecule has 0 heterocycles. The molecule has 0 aliphatic heterocycles. The zero-order valence-electron chi connectivity index (χ0n) is 10.4. The average Bonchev–Trinajstić information content (AvgIpc) is 2.24. The largest absolute Gasteiger partial charge is 0.480 e. The third kappa shape index (κ3) is 3.82. The van der Waals surface area contributed by atoms with Gasteiger partial charge in [-0.05, 0) is 37.6 Å². The topological polar surface area (TPSA) is 40.5 Å². The van der Waals surface area contributed by atoms with Crippen LogP contribution in [0.1, 0.15) is 24.5 Å². The van der Waals surface area contributed by atoms with Gasteiger partial charge in [-0.15, -0.1) is 0 Å². The fourth-order valence-electron chi connectivity index (χ4n) is 1.81. The van der Waals surface area contributed by atoms with Crippen molar-refractivity contribution < 1.29 is 9.90 Å². The van der Waals surface area contributed by atoms with E-state index in [0.717, 1.165) is 10.0 Å². The number of rotatable bonds is 5. The monoisotopic (exact) mass is 299 g/mol. The Morgan fingerprint density at radius 1 is 1.53 bits per heavy atom. The van der Waals surface area contributed by atoms with Gasteiger partial charge in [0.15, 0.2) is 0 Å². The molecule has 0 aliphatic carbocycles. The molecule has 1 rings (SSSR count). The van der Waals surface area contributed by atoms with E-state index in [2.05, 4.69) is 15.9 Å². The maximum Gasteiger partial charge on any atom is 0.320 e. The molecule has 0 bridgehead atoms. The molecule has 94 valence electrons. The first-order chi connectivity index (χ1) is 7.95. The van der Waals surface area contributed by atoms with Gasteiger partial charge in [-0.2, -0.15) is 0 Å². The van der Waals surface area contributed by atoms with Crippen molar-refractivity contribution in [2.75, 3.05) is 7.05 Å². The molecule has 1 atom stereocenters. The number of hydrogen-bond acceptors (Lipinski definition) is 2. The van der Waals surface area contributed by atoms with Gasteiger partial charge in [0.2, 0.25) is 0 Å². The number of carbonyl (C=O) groups is 1. The number of benzene rings is 1. The molecule has 1 unspecified atom stereocenters. The molecule has 1 N–H and O–H groups in total. The Morgan fingerprint density at radius 2 is 2.18 bits per heavy atom. The van der Waals surface area contributed by atoms with Gasteiger partial charge in [-0.3, -0.25) is 9.69 Å². The molecular weight excluding hydrogens is 282 g/mol. The van der Waals surface area contributed by atoms with Crippen LogP contribution in [0.15, 0.2) is 22.7 Å². The van der Waals surface area contributed by atoms with E-state index in [4.69, 9.17) is 5.11 Å². The molecule has 1 aromatic rings. The van der Waals surface area contributed by atoms with Crippen molar-refractivity contribution in [1.82, 2.24) is 4.90 Å². The molecule has 0 radical (unpaired) electrons. The van der Waals surface area contributed by atoms with Crippen LogP contribution in [0.25, 0.3) is 0 Å². The van der Waals surface area contributed by atoms with Crippen LogP contribution in [-0.4, -0.2) is 29.1 Å². The summed E-state index contributed by atoms with van der Waals surface area (Å²) >= 11 is 3.48. The van der Waals surface area contributed by atoms with Gasteiger partial charge in [0, 0.05) is 11.0 Å². The van der Waals surface area contributed by atoms with E-state index >= 15 is 0 Å². The maximum absolute atomic E-state index is 11.0. The fraction of sp³-hybridized carbons (Fsp3) is 0.462. The van der Waals surface area contributed by atoms with Gasteiger partial charge in [0.25, 0.3) is 0 Å². The third-order valence-electron chi connectivity index (χ3n) is 2.87. The first kappa shape index (κ1) is 14.2. The quantitative estimate of drug-likeness (QED) is 0.908. The van der Waals surface area contributed by atoms with Crippen molar-refractivity contribution in [1.29, 1.82) is 0 Å². The molecule has 0 aromatic heterocycles. The molecule has 0 saturated heterocycles. The maximum atomic E-state index is 11.0. The van der Waals surface area contributed by atoms with E-state index < -0.39 is 12.0 Å². The third-order valence-corrected chi connectivity index (χ3v) is 3.73. The summed E-state index contributed by atoms with van der Waals surface area (Å²) in [6.07, 6.45) is 0.610. The van der Waals surface area contributed by atoms with E-state index in [1.54, 1.807) is 0 Å². The number of likely N-dealkylation sites (N-methyl/N-ethyl adjacent to an activating group) is 1. The van der Waals surface area contributed by atoms with Crippen molar-refractivity contribution in [2.45, 2.75) is 32.9 Å². The van der Waals surface area contributed by atoms with Gasteiger partial charge >= 0.3 is 5.97 Å². The second kappa shape index (κ2) is 6.17. The van der Waals surface area contributed by atoms with Crippen LogP contribution in [0.4, 0.5) is 0 Å². The number of halogens is 1. The lowest BCUT2D eigenvalue weighted by molar-refractivity contribution is -0.143. The van der Waals surface area contributed by atoms with Gasteiger partial charge in [-0.25, -0.2) is 0 Å². The fourth-order valence-corrected chi connectivity index (χ4v) is 2.23. The van der Waals surface area contributed by atoms with Gasteiger partial charge < -0.3 is 5.11 Å². The zero-order valence-corrected chi connectivity index (χ0v) is 12.0. The SMILES string of the molecule is CCC(C(=O)O)N(C)Cc1ccc(C)c(Br)c1. The van der Waals surface area contributed by atoms with Crippen LogP contribution in [-0.2, 0) is 11.3 Å². The molecule has 0 fully saturated rings. The first-order valence-electron chi connectivity index (χ1n) is 5.63. The Labute approximate surface area is 111 Å². The lowest BCUT2D eigenvalue weighted by Crippen LogP contribution is -2.37. The van der Waals surface area contributed by atoms with Crippen molar-refractivity contribution in [3.8, 4) is 0 Å². The molecule has 0 aliphatic rings. The van der Waals surface area contributed by atoms with E-state index in [1.807, 2.05) is 44.0 Å². The van der Waals surface area contributed by atoms with Crippen LogP contribution >= 0.6 is 15.9 Å². The van der Waals surface area contributed by atoms with E-state index in [9.17, 15) is 4.79 Å². The highest BCUT2D eigenvalue weighted by Gasteiger charge is 2.20. The summed E-state index contributed by atoms with van der Waals surface area (Å²) in [5, 5.41) is 9.07. The lowest BCUT2D eigenvalue weighted by Gasteiger charge is -2.23. The Bertz CT molecular complexity index is 406. The Kier molecular flexibility index (Phi) is 5.15. The van der Waals surface area contributed by atoms with E-state index in [-0.39, 0.29) is 0 Å². The molecule has 4 heteroatoms. The summed E-state index contributed by atoms with van der Waals surface area (Å²) in [7, 11) is 1.84. The average molecular weight is 300 g/mol. The van der Waals surface area contributed by atoms with Gasteiger partial charge in [-0.1, -0.05) is 35.0 Å². The second-order valence-corrected chi connectivity index (χ2v) is 5.12. The van der Waals surface area contributed by atoms with Crippen molar-refractivity contribution in [2.24, 2.45) is 0 Å². The molecule has 3 nitrogen and oxygen atoms in total. The molecule has 17 heavy (non-hydrogen) atoms. The van der Waals surface area contributed by atoms with Crippen LogP contribution < -0.4 is 0 Å². The number of carboxylic acid groups (broad SMARTS) is 1. The zero-order chi connectivity index (χ0) is 13.0. The van der Waals surface area contributed by atoms with Gasteiger partial charge in [0.1, 0.15) is 6.04 Å². The molecule has 0 saturated carbocycles.